The Morgan fingerprint density at radius 2 is 2.00 bits per heavy atom. The summed E-state index contributed by atoms with van der Waals surface area (Å²) in [6.07, 6.45) is 6.12. The highest BCUT2D eigenvalue weighted by Crippen LogP contribution is 2.16. The lowest BCUT2D eigenvalue weighted by atomic mass is 10.2. The predicted octanol–water partition coefficient (Wildman–Crippen LogP) is 3.11. The van der Waals surface area contributed by atoms with E-state index in [0.717, 1.165) is 42.3 Å². The molecule has 0 spiro atoms. The lowest BCUT2D eigenvalue weighted by molar-refractivity contribution is -0.144. The van der Waals surface area contributed by atoms with E-state index < -0.39 is 0 Å². The van der Waals surface area contributed by atoms with Crippen LogP contribution in [0, 0.1) is 0 Å². The van der Waals surface area contributed by atoms with Crippen molar-refractivity contribution in [1.82, 2.24) is 4.57 Å². The molecular weight excluding hydrogens is 240 g/mol. The number of benzene rings is 1. The third-order valence-corrected chi connectivity index (χ3v) is 3.44. The molecule has 1 aliphatic rings. The molecule has 1 heterocycles. The Balaban J connectivity index is 1.67. The molecule has 0 radical (unpaired) electrons. The van der Waals surface area contributed by atoms with Crippen molar-refractivity contribution in [1.29, 1.82) is 0 Å². The van der Waals surface area contributed by atoms with E-state index in [1.54, 1.807) is 0 Å². The predicted molar refractivity (Wildman–Crippen MR) is 73.9 cm³/mol. The number of carbonyl (C=O) groups is 1. The van der Waals surface area contributed by atoms with Crippen LogP contribution in [0.4, 0.5) is 0 Å². The Kier molecular flexibility index (Phi) is 3.31. The van der Waals surface area contributed by atoms with Gasteiger partial charge in [0.2, 0.25) is 0 Å². The second-order valence-corrected chi connectivity index (χ2v) is 4.83. The van der Waals surface area contributed by atoms with E-state index >= 15 is 0 Å². The minimum Gasteiger partial charge on any atom is -0.336 e. The fraction of sp³-hybridized carbons (Fsp3) is 0.333. The Morgan fingerprint density at radius 3 is 2.84 bits per heavy atom. The summed E-state index contributed by atoms with van der Waals surface area (Å²) in [6, 6.07) is 9.95. The topological polar surface area (TPSA) is 43.6 Å². The number of aromatic nitrogens is 1. The van der Waals surface area contributed by atoms with Crippen LogP contribution in [0.25, 0.3) is 10.9 Å². The molecule has 0 unspecified atom stereocenters. The largest absolute Gasteiger partial charge is 0.354 e. The van der Waals surface area contributed by atoms with Gasteiger partial charge < -0.3 is 9.40 Å². The highest BCUT2D eigenvalue weighted by molar-refractivity contribution is 5.86. The van der Waals surface area contributed by atoms with Crippen LogP contribution in [0.15, 0.2) is 41.7 Å². The smallest absolute Gasteiger partial charge is 0.336 e. The van der Waals surface area contributed by atoms with E-state index in [4.69, 9.17) is 4.84 Å². The molecule has 1 saturated carbocycles. The SMILES string of the molecule is O=C(Cn1ccc2ccccc21)ON=C1CCCC1. The first-order valence-corrected chi connectivity index (χ1v) is 6.62. The Morgan fingerprint density at radius 1 is 1.21 bits per heavy atom. The Labute approximate surface area is 111 Å². The van der Waals surface area contributed by atoms with Crippen LogP contribution in [0.2, 0.25) is 0 Å². The van der Waals surface area contributed by atoms with Gasteiger partial charge in [-0.2, -0.15) is 0 Å². The fourth-order valence-corrected chi connectivity index (χ4v) is 2.44. The molecule has 4 nitrogen and oxygen atoms in total. The molecule has 0 aliphatic heterocycles. The van der Waals surface area contributed by atoms with Gasteiger partial charge in [0.25, 0.3) is 0 Å². The van der Waals surface area contributed by atoms with Crippen LogP contribution in [0.5, 0.6) is 0 Å². The molecule has 0 N–H and O–H groups in total. The van der Waals surface area contributed by atoms with Crippen LogP contribution in [-0.2, 0) is 16.2 Å². The molecule has 0 saturated heterocycles. The van der Waals surface area contributed by atoms with E-state index in [1.165, 1.54) is 0 Å². The summed E-state index contributed by atoms with van der Waals surface area (Å²) in [4.78, 5) is 16.7. The quantitative estimate of drug-likeness (QED) is 0.625. The van der Waals surface area contributed by atoms with Crippen molar-refractivity contribution in [2.24, 2.45) is 5.16 Å². The van der Waals surface area contributed by atoms with Crippen LogP contribution < -0.4 is 0 Å². The fourth-order valence-electron chi connectivity index (χ4n) is 2.44. The monoisotopic (exact) mass is 256 g/mol. The summed E-state index contributed by atoms with van der Waals surface area (Å²) in [6.45, 7) is 0.199. The van der Waals surface area contributed by atoms with Gasteiger partial charge in [-0.25, -0.2) is 4.79 Å². The third kappa shape index (κ3) is 2.67. The van der Waals surface area contributed by atoms with Crippen molar-refractivity contribution in [3.63, 3.8) is 0 Å². The van der Waals surface area contributed by atoms with Crippen molar-refractivity contribution in [3.05, 3.63) is 36.5 Å². The first-order valence-electron chi connectivity index (χ1n) is 6.62. The number of carbonyl (C=O) groups excluding carboxylic acids is 1. The maximum Gasteiger partial charge on any atom is 0.354 e. The summed E-state index contributed by atoms with van der Waals surface area (Å²) in [5.41, 5.74) is 2.04. The second-order valence-electron chi connectivity index (χ2n) is 4.83. The molecule has 1 aromatic carbocycles. The summed E-state index contributed by atoms with van der Waals surface area (Å²) in [5, 5.41) is 5.06. The van der Waals surface area contributed by atoms with Gasteiger partial charge in [-0.1, -0.05) is 23.4 Å². The summed E-state index contributed by atoms with van der Waals surface area (Å²) >= 11 is 0. The van der Waals surface area contributed by atoms with Gasteiger partial charge in [-0.05, 0) is 43.2 Å². The molecule has 0 bridgehead atoms. The van der Waals surface area contributed by atoms with Crippen LogP contribution in [-0.4, -0.2) is 16.2 Å². The van der Waals surface area contributed by atoms with Gasteiger partial charge in [-0.15, -0.1) is 0 Å². The molecule has 0 amide bonds. The molecule has 3 rings (SSSR count). The third-order valence-electron chi connectivity index (χ3n) is 3.44. The molecule has 1 aromatic heterocycles. The minimum absolute atomic E-state index is 0.199. The van der Waals surface area contributed by atoms with Gasteiger partial charge >= 0.3 is 5.97 Å². The highest BCUT2D eigenvalue weighted by atomic mass is 16.7. The first kappa shape index (κ1) is 12.0. The molecule has 1 fully saturated rings. The number of nitrogens with zero attached hydrogens (tertiary/aromatic N) is 2. The molecule has 98 valence electrons. The summed E-state index contributed by atoms with van der Waals surface area (Å²) in [7, 11) is 0. The average Bonchev–Trinajstić information content (AvgIpc) is 3.07. The average molecular weight is 256 g/mol. The van der Waals surface area contributed by atoms with E-state index in [1.807, 2.05) is 41.1 Å². The molecule has 2 aromatic rings. The molecule has 4 heteroatoms. The zero-order valence-corrected chi connectivity index (χ0v) is 10.7. The first-order chi connectivity index (χ1) is 9.33. The van der Waals surface area contributed by atoms with Gasteiger partial charge in [0.1, 0.15) is 6.54 Å². The minimum atomic E-state index is -0.319. The van der Waals surface area contributed by atoms with E-state index in [0.29, 0.717) is 0 Å². The van der Waals surface area contributed by atoms with Crippen molar-refractivity contribution in [2.75, 3.05) is 0 Å². The zero-order chi connectivity index (χ0) is 13.1. The molecule has 0 atom stereocenters. The number of hydrogen-bond acceptors (Lipinski definition) is 3. The van der Waals surface area contributed by atoms with Crippen molar-refractivity contribution < 1.29 is 9.63 Å². The normalized spacial score (nSPS) is 14.8. The lowest BCUT2D eigenvalue weighted by Gasteiger charge is -2.03. The summed E-state index contributed by atoms with van der Waals surface area (Å²) < 4.78 is 1.88. The number of fused-ring (bicyclic) bond motifs is 1. The molecule has 19 heavy (non-hydrogen) atoms. The highest BCUT2D eigenvalue weighted by Gasteiger charge is 2.11. The second kappa shape index (κ2) is 5.26. The van der Waals surface area contributed by atoms with E-state index in [9.17, 15) is 4.79 Å². The number of oxime groups is 1. The maximum atomic E-state index is 11.8. The number of hydrogen-bond donors (Lipinski definition) is 0. The van der Waals surface area contributed by atoms with Crippen LogP contribution in [0.1, 0.15) is 25.7 Å². The Hall–Kier alpha value is -2.10. The molecule has 1 aliphatic carbocycles. The standard InChI is InChI=1S/C15H16N2O2/c18-15(19-16-13-6-2-3-7-13)11-17-10-9-12-5-1-4-8-14(12)17/h1,4-5,8-10H,2-3,6-7,11H2. The summed E-state index contributed by atoms with van der Waals surface area (Å²) in [5.74, 6) is -0.319. The van der Waals surface area contributed by atoms with Gasteiger partial charge in [0.15, 0.2) is 0 Å². The lowest BCUT2D eigenvalue weighted by Crippen LogP contribution is -2.11. The van der Waals surface area contributed by atoms with Gasteiger partial charge in [0, 0.05) is 11.7 Å². The van der Waals surface area contributed by atoms with Crippen molar-refractivity contribution in [3.8, 4) is 0 Å². The van der Waals surface area contributed by atoms with Crippen LogP contribution >= 0.6 is 0 Å². The maximum absolute atomic E-state index is 11.8. The number of para-hydroxylation sites is 1. The zero-order valence-electron chi connectivity index (χ0n) is 10.7. The molecular formula is C15H16N2O2. The van der Waals surface area contributed by atoms with Crippen molar-refractivity contribution >= 4 is 22.6 Å². The van der Waals surface area contributed by atoms with Gasteiger partial charge in [-0.3, -0.25) is 0 Å². The van der Waals surface area contributed by atoms with Crippen LogP contribution in [0.3, 0.4) is 0 Å². The van der Waals surface area contributed by atoms with Gasteiger partial charge in [0.05, 0.1) is 5.71 Å². The van der Waals surface area contributed by atoms with Crippen molar-refractivity contribution in [2.45, 2.75) is 32.2 Å². The Bertz CT molecular complexity index is 620. The van der Waals surface area contributed by atoms with E-state index in [2.05, 4.69) is 5.16 Å². The number of rotatable bonds is 3. The van der Waals surface area contributed by atoms with E-state index in [-0.39, 0.29) is 12.5 Å².